The van der Waals surface area contributed by atoms with Gasteiger partial charge in [-0.25, -0.2) is 4.98 Å². The summed E-state index contributed by atoms with van der Waals surface area (Å²) in [5.41, 5.74) is 5.29. The highest BCUT2D eigenvalue weighted by atomic mass is 16.5. The molecule has 0 spiro atoms. The maximum atomic E-state index is 12.4. The van der Waals surface area contributed by atoms with Crippen molar-refractivity contribution in [1.82, 2.24) is 9.97 Å². The minimum absolute atomic E-state index is 0.232. The number of carbonyl (C=O) groups is 1. The number of hydrogen-bond donors (Lipinski definition) is 0. The summed E-state index contributed by atoms with van der Waals surface area (Å²) in [6.45, 7) is 3.60. The fourth-order valence-electron chi connectivity index (χ4n) is 4.44. The zero-order chi connectivity index (χ0) is 25.3. The number of aryl methyl sites for hydroxylation is 1. The molecule has 3 heterocycles. The first-order valence-corrected chi connectivity index (χ1v) is 12.7. The molecule has 1 aliphatic rings. The second-order valence-electron chi connectivity index (χ2n) is 9.18. The lowest BCUT2D eigenvalue weighted by Crippen LogP contribution is -2.36. The van der Waals surface area contributed by atoms with Gasteiger partial charge in [-0.1, -0.05) is 48.5 Å². The van der Waals surface area contributed by atoms with E-state index in [4.69, 9.17) is 9.47 Å². The van der Waals surface area contributed by atoms with Gasteiger partial charge in [0.25, 0.3) is 0 Å². The van der Waals surface area contributed by atoms with Gasteiger partial charge in [-0.3, -0.25) is 9.78 Å². The summed E-state index contributed by atoms with van der Waals surface area (Å²) in [6.07, 6.45) is 7.11. The Morgan fingerprint density at radius 3 is 2.51 bits per heavy atom. The van der Waals surface area contributed by atoms with E-state index in [9.17, 15) is 4.79 Å². The van der Waals surface area contributed by atoms with Crippen LogP contribution in [0.2, 0.25) is 0 Å². The number of morpholine rings is 1. The molecular weight excluding hydrogens is 462 g/mol. The van der Waals surface area contributed by atoms with Crippen LogP contribution >= 0.6 is 0 Å². The maximum Gasteiger partial charge on any atom is 0.137 e. The van der Waals surface area contributed by atoms with Crippen molar-refractivity contribution in [3.05, 3.63) is 108 Å². The van der Waals surface area contributed by atoms with E-state index in [2.05, 4.69) is 27.0 Å². The second-order valence-corrected chi connectivity index (χ2v) is 9.18. The topological polar surface area (TPSA) is 64.5 Å². The van der Waals surface area contributed by atoms with Crippen LogP contribution in [-0.2, 0) is 29.0 Å². The highest BCUT2D eigenvalue weighted by molar-refractivity contribution is 5.81. The number of benzene rings is 2. The first-order valence-electron chi connectivity index (χ1n) is 12.7. The molecule has 1 saturated heterocycles. The van der Waals surface area contributed by atoms with Crippen molar-refractivity contribution < 1.29 is 14.3 Å². The van der Waals surface area contributed by atoms with Gasteiger partial charge < -0.3 is 14.4 Å². The molecule has 4 aromatic rings. The Morgan fingerprint density at radius 2 is 1.70 bits per heavy atom. The Kier molecular flexibility index (Phi) is 8.18. The summed E-state index contributed by atoms with van der Waals surface area (Å²) in [6, 6.07) is 24.2. The smallest absolute Gasteiger partial charge is 0.137 e. The molecule has 188 valence electrons. The van der Waals surface area contributed by atoms with Crippen LogP contribution in [0.25, 0.3) is 11.1 Å². The summed E-state index contributed by atoms with van der Waals surface area (Å²) in [4.78, 5) is 23.4. The standard InChI is InChI=1S/C31H31N3O3/c35-28(12-11-25-4-3-14-32-22-25)20-24-7-9-26(10-8-24)23-37-30-6-2-1-5-29(30)27-13-15-33-31(21-27)34-16-18-36-19-17-34/h1-10,13-15,21-22H,11-12,16-20,23H2. The number of carbonyl (C=O) groups excluding carboxylic acids is 1. The summed E-state index contributed by atoms with van der Waals surface area (Å²) >= 11 is 0. The number of nitrogens with zero attached hydrogens (tertiary/aromatic N) is 3. The molecule has 1 aliphatic heterocycles. The molecule has 2 aromatic heterocycles. The van der Waals surface area contributed by atoms with E-state index in [1.165, 1.54) is 0 Å². The first-order chi connectivity index (χ1) is 18.2. The molecule has 0 N–H and O–H groups in total. The molecule has 0 radical (unpaired) electrons. The van der Waals surface area contributed by atoms with E-state index < -0.39 is 0 Å². The monoisotopic (exact) mass is 493 g/mol. The van der Waals surface area contributed by atoms with Crippen molar-refractivity contribution in [2.45, 2.75) is 25.9 Å². The number of ketones is 1. The largest absolute Gasteiger partial charge is 0.488 e. The van der Waals surface area contributed by atoms with Gasteiger partial charge in [0, 0.05) is 50.1 Å². The summed E-state index contributed by atoms with van der Waals surface area (Å²) in [7, 11) is 0. The van der Waals surface area contributed by atoms with Gasteiger partial charge in [0.05, 0.1) is 13.2 Å². The molecule has 0 saturated carbocycles. The zero-order valence-corrected chi connectivity index (χ0v) is 20.9. The average molecular weight is 494 g/mol. The number of Topliss-reactive ketones (excluding diaryl/α,β-unsaturated/α-hetero) is 1. The molecular formula is C31H31N3O3. The van der Waals surface area contributed by atoms with Crippen LogP contribution in [0.5, 0.6) is 5.75 Å². The van der Waals surface area contributed by atoms with E-state index in [0.717, 1.165) is 72.1 Å². The van der Waals surface area contributed by atoms with Gasteiger partial charge in [-0.05, 0) is 52.9 Å². The van der Waals surface area contributed by atoms with Crippen LogP contribution in [0.3, 0.4) is 0 Å². The molecule has 1 fully saturated rings. The Hall–Kier alpha value is -4.03. The van der Waals surface area contributed by atoms with E-state index >= 15 is 0 Å². The van der Waals surface area contributed by atoms with Crippen LogP contribution in [0.4, 0.5) is 5.82 Å². The van der Waals surface area contributed by atoms with Crippen molar-refractivity contribution in [3.63, 3.8) is 0 Å². The normalized spacial score (nSPS) is 13.4. The van der Waals surface area contributed by atoms with Crippen molar-refractivity contribution in [2.75, 3.05) is 31.2 Å². The number of para-hydroxylation sites is 1. The SMILES string of the molecule is O=C(CCc1cccnc1)Cc1ccc(COc2ccccc2-c2ccnc(N3CCOCC3)c2)cc1. The number of rotatable bonds is 10. The van der Waals surface area contributed by atoms with Gasteiger partial charge in [0.2, 0.25) is 0 Å². The van der Waals surface area contributed by atoms with E-state index in [1.807, 2.05) is 73.1 Å². The number of pyridine rings is 2. The Balaban J connectivity index is 1.19. The predicted molar refractivity (Wildman–Crippen MR) is 145 cm³/mol. The Labute approximate surface area is 217 Å². The maximum absolute atomic E-state index is 12.4. The third-order valence-electron chi connectivity index (χ3n) is 6.51. The number of hydrogen-bond acceptors (Lipinski definition) is 6. The van der Waals surface area contributed by atoms with Crippen molar-refractivity contribution >= 4 is 11.6 Å². The van der Waals surface area contributed by atoms with Gasteiger partial charge >= 0.3 is 0 Å². The van der Waals surface area contributed by atoms with E-state index in [-0.39, 0.29) is 5.78 Å². The molecule has 0 bridgehead atoms. The van der Waals surface area contributed by atoms with E-state index in [1.54, 1.807) is 6.20 Å². The molecule has 0 unspecified atom stereocenters. The van der Waals surface area contributed by atoms with E-state index in [0.29, 0.717) is 19.4 Å². The van der Waals surface area contributed by atoms with Crippen molar-refractivity contribution in [3.8, 4) is 16.9 Å². The summed E-state index contributed by atoms with van der Waals surface area (Å²) in [5, 5.41) is 0. The molecule has 37 heavy (non-hydrogen) atoms. The fraction of sp³-hybridized carbons (Fsp3) is 0.258. The number of anilines is 1. The highest BCUT2D eigenvalue weighted by Gasteiger charge is 2.14. The zero-order valence-electron chi connectivity index (χ0n) is 20.9. The van der Waals surface area contributed by atoms with Gasteiger partial charge in [-0.15, -0.1) is 0 Å². The molecule has 0 aliphatic carbocycles. The van der Waals surface area contributed by atoms with Crippen LogP contribution in [0.1, 0.15) is 23.1 Å². The minimum atomic E-state index is 0.232. The van der Waals surface area contributed by atoms with Gasteiger partial charge in [-0.2, -0.15) is 0 Å². The third kappa shape index (κ3) is 6.80. The lowest BCUT2D eigenvalue weighted by molar-refractivity contribution is -0.118. The molecule has 6 nitrogen and oxygen atoms in total. The highest BCUT2D eigenvalue weighted by Crippen LogP contribution is 2.32. The average Bonchev–Trinajstić information content (AvgIpc) is 2.97. The lowest BCUT2D eigenvalue weighted by Gasteiger charge is -2.28. The fourth-order valence-corrected chi connectivity index (χ4v) is 4.44. The van der Waals surface area contributed by atoms with Crippen LogP contribution < -0.4 is 9.64 Å². The first kappa shape index (κ1) is 24.7. The minimum Gasteiger partial charge on any atom is -0.488 e. The third-order valence-corrected chi connectivity index (χ3v) is 6.51. The Morgan fingerprint density at radius 1 is 0.892 bits per heavy atom. The quantitative estimate of drug-likeness (QED) is 0.299. The Bertz CT molecular complexity index is 1300. The summed E-state index contributed by atoms with van der Waals surface area (Å²) < 4.78 is 11.7. The number of aromatic nitrogens is 2. The van der Waals surface area contributed by atoms with Crippen molar-refractivity contribution in [1.29, 1.82) is 0 Å². The lowest BCUT2D eigenvalue weighted by atomic mass is 10.0. The molecule has 2 aromatic carbocycles. The molecule has 5 rings (SSSR count). The van der Waals surface area contributed by atoms with Crippen LogP contribution in [0.15, 0.2) is 91.4 Å². The van der Waals surface area contributed by atoms with Gasteiger partial charge in [0.15, 0.2) is 0 Å². The van der Waals surface area contributed by atoms with Crippen molar-refractivity contribution in [2.24, 2.45) is 0 Å². The molecule has 6 heteroatoms. The second kappa shape index (κ2) is 12.3. The predicted octanol–water partition coefficient (Wildman–Crippen LogP) is 5.30. The number of ether oxygens (including phenoxy) is 2. The molecule has 0 amide bonds. The van der Waals surface area contributed by atoms with Gasteiger partial charge in [0.1, 0.15) is 24.0 Å². The van der Waals surface area contributed by atoms with Crippen LogP contribution in [-0.4, -0.2) is 42.1 Å². The summed E-state index contributed by atoms with van der Waals surface area (Å²) in [5.74, 6) is 2.02. The molecule has 0 atom stereocenters. The van der Waals surface area contributed by atoms with Crippen LogP contribution in [0, 0.1) is 0 Å².